The molecule has 1 N–H and O–H groups in total. The molecule has 1 aliphatic heterocycles. The highest BCUT2D eigenvalue weighted by Gasteiger charge is 2.16. The van der Waals surface area contributed by atoms with Gasteiger partial charge in [-0.25, -0.2) is 0 Å². The first-order valence-corrected chi connectivity index (χ1v) is 6.25. The molecular formula is C14H19N3O. The largest absolute Gasteiger partial charge is 0.374 e. The van der Waals surface area contributed by atoms with Crippen LogP contribution in [-0.4, -0.2) is 39.4 Å². The fraction of sp³-hybridized carbons (Fsp3) is 0.500. The van der Waals surface area contributed by atoms with Crippen molar-refractivity contribution in [2.75, 3.05) is 38.2 Å². The smallest absolute Gasteiger partial charge is 0.0994 e. The molecule has 0 saturated carbocycles. The summed E-state index contributed by atoms with van der Waals surface area (Å²) in [5, 5.41) is 12.2. The van der Waals surface area contributed by atoms with Gasteiger partial charge < -0.3 is 15.0 Å². The van der Waals surface area contributed by atoms with Crippen molar-refractivity contribution in [2.24, 2.45) is 0 Å². The van der Waals surface area contributed by atoms with Crippen LogP contribution in [0, 0.1) is 18.3 Å². The summed E-state index contributed by atoms with van der Waals surface area (Å²) in [6.07, 6.45) is 0.236. The van der Waals surface area contributed by atoms with Crippen molar-refractivity contribution >= 4 is 5.69 Å². The lowest BCUT2D eigenvalue weighted by Crippen LogP contribution is -2.44. The highest BCUT2D eigenvalue weighted by Crippen LogP contribution is 2.18. The normalized spacial score (nSPS) is 19.3. The number of nitrogens with zero attached hydrogens (tertiary/aromatic N) is 2. The van der Waals surface area contributed by atoms with E-state index in [9.17, 15) is 0 Å². The third kappa shape index (κ3) is 3.00. The van der Waals surface area contributed by atoms with E-state index in [4.69, 9.17) is 10.00 Å². The minimum absolute atomic E-state index is 0.236. The van der Waals surface area contributed by atoms with E-state index < -0.39 is 0 Å². The lowest BCUT2D eigenvalue weighted by atomic mass is 10.1. The molecule has 0 bridgehead atoms. The number of hydrogen-bond donors (Lipinski definition) is 1. The van der Waals surface area contributed by atoms with Gasteiger partial charge in [0.25, 0.3) is 0 Å². The number of rotatable bonds is 3. The van der Waals surface area contributed by atoms with Crippen molar-refractivity contribution in [3.8, 4) is 6.07 Å². The second-order valence-corrected chi connectivity index (χ2v) is 4.69. The zero-order valence-electron chi connectivity index (χ0n) is 10.9. The Balaban J connectivity index is 2.02. The molecule has 1 saturated heterocycles. The summed E-state index contributed by atoms with van der Waals surface area (Å²) in [6, 6.07) is 8.10. The molecule has 0 spiro atoms. The van der Waals surface area contributed by atoms with Crippen LogP contribution in [0.4, 0.5) is 5.69 Å². The van der Waals surface area contributed by atoms with Gasteiger partial charge in [-0.3, -0.25) is 0 Å². The summed E-state index contributed by atoms with van der Waals surface area (Å²) in [4.78, 5) is 2.17. The number of morpholine rings is 1. The van der Waals surface area contributed by atoms with E-state index in [2.05, 4.69) is 29.4 Å². The maximum absolute atomic E-state index is 8.92. The van der Waals surface area contributed by atoms with E-state index in [1.54, 1.807) is 0 Å². The van der Waals surface area contributed by atoms with Crippen LogP contribution in [0.3, 0.4) is 0 Å². The Hall–Kier alpha value is -1.57. The second-order valence-electron chi connectivity index (χ2n) is 4.69. The Bertz CT molecular complexity index is 447. The Kier molecular flexibility index (Phi) is 4.19. The lowest BCUT2D eigenvalue weighted by molar-refractivity contribution is 0.0340. The third-order valence-electron chi connectivity index (χ3n) is 3.25. The number of ether oxygens (including phenoxy) is 1. The molecule has 1 aromatic carbocycles. The minimum atomic E-state index is 0.236. The van der Waals surface area contributed by atoms with Gasteiger partial charge in [-0.1, -0.05) is 0 Å². The van der Waals surface area contributed by atoms with Crippen LogP contribution >= 0.6 is 0 Å². The van der Waals surface area contributed by atoms with Crippen LogP contribution in [0.5, 0.6) is 0 Å². The standard InChI is InChI=1S/C14H19N3O/c1-11-7-13(4-3-12(11)8-15)17(2)10-14-9-16-5-6-18-14/h3-4,7,14,16H,5-6,9-10H2,1-2H3. The van der Waals surface area contributed by atoms with Crippen LogP contribution in [0.25, 0.3) is 0 Å². The number of likely N-dealkylation sites (N-methyl/N-ethyl adjacent to an activating group) is 1. The van der Waals surface area contributed by atoms with E-state index in [1.807, 2.05) is 19.1 Å². The SMILES string of the molecule is Cc1cc(N(C)CC2CNCCO2)ccc1C#N. The van der Waals surface area contributed by atoms with Gasteiger partial charge in [-0.2, -0.15) is 5.26 Å². The van der Waals surface area contributed by atoms with Crippen LogP contribution in [-0.2, 0) is 4.74 Å². The van der Waals surface area contributed by atoms with Crippen LogP contribution in [0.2, 0.25) is 0 Å². The quantitative estimate of drug-likeness (QED) is 0.872. The van der Waals surface area contributed by atoms with Crippen LogP contribution in [0.15, 0.2) is 18.2 Å². The lowest BCUT2D eigenvalue weighted by Gasteiger charge is -2.29. The van der Waals surface area contributed by atoms with Gasteiger partial charge in [0.05, 0.1) is 24.3 Å². The number of nitrogens with one attached hydrogen (secondary N) is 1. The molecule has 1 atom stereocenters. The molecule has 1 heterocycles. The minimum Gasteiger partial charge on any atom is -0.374 e. The van der Waals surface area contributed by atoms with Gasteiger partial charge in [0.1, 0.15) is 0 Å². The fourth-order valence-electron chi connectivity index (χ4n) is 2.16. The van der Waals surface area contributed by atoms with Gasteiger partial charge in [0.2, 0.25) is 0 Å². The zero-order chi connectivity index (χ0) is 13.0. The van der Waals surface area contributed by atoms with Gasteiger partial charge in [0, 0.05) is 32.4 Å². The molecule has 0 aliphatic carbocycles. The van der Waals surface area contributed by atoms with Crippen molar-refractivity contribution in [3.63, 3.8) is 0 Å². The summed E-state index contributed by atoms with van der Waals surface area (Å²) in [5.74, 6) is 0. The Morgan fingerprint density at radius 3 is 3.00 bits per heavy atom. The maximum atomic E-state index is 8.92. The van der Waals surface area contributed by atoms with Gasteiger partial charge >= 0.3 is 0 Å². The molecule has 96 valence electrons. The van der Waals surface area contributed by atoms with Crippen molar-refractivity contribution in [2.45, 2.75) is 13.0 Å². The molecule has 1 aromatic rings. The van der Waals surface area contributed by atoms with Crippen molar-refractivity contribution < 1.29 is 4.74 Å². The molecular weight excluding hydrogens is 226 g/mol. The van der Waals surface area contributed by atoms with Gasteiger partial charge in [0.15, 0.2) is 0 Å². The van der Waals surface area contributed by atoms with Gasteiger partial charge in [-0.15, -0.1) is 0 Å². The predicted octanol–water partition coefficient (Wildman–Crippen LogP) is 1.29. The number of benzene rings is 1. The van der Waals surface area contributed by atoms with Gasteiger partial charge in [-0.05, 0) is 30.7 Å². The summed E-state index contributed by atoms with van der Waals surface area (Å²) >= 11 is 0. The molecule has 1 fully saturated rings. The fourth-order valence-corrected chi connectivity index (χ4v) is 2.16. The van der Waals surface area contributed by atoms with Crippen LogP contribution in [0.1, 0.15) is 11.1 Å². The molecule has 0 aromatic heterocycles. The molecule has 4 nitrogen and oxygen atoms in total. The Labute approximate surface area is 108 Å². The summed E-state index contributed by atoms with van der Waals surface area (Å²) < 4.78 is 5.69. The maximum Gasteiger partial charge on any atom is 0.0994 e. The number of hydrogen-bond acceptors (Lipinski definition) is 4. The number of aryl methyl sites for hydroxylation is 1. The first-order valence-electron chi connectivity index (χ1n) is 6.25. The third-order valence-corrected chi connectivity index (χ3v) is 3.25. The first-order chi connectivity index (χ1) is 8.70. The second kappa shape index (κ2) is 5.85. The highest BCUT2D eigenvalue weighted by atomic mass is 16.5. The molecule has 18 heavy (non-hydrogen) atoms. The number of anilines is 1. The Morgan fingerprint density at radius 1 is 1.56 bits per heavy atom. The monoisotopic (exact) mass is 245 g/mol. The van der Waals surface area contributed by atoms with Crippen LogP contribution < -0.4 is 10.2 Å². The first kappa shape index (κ1) is 12.9. The average Bonchev–Trinajstić information content (AvgIpc) is 2.39. The Morgan fingerprint density at radius 2 is 2.39 bits per heavy atom. The highest BCUT2D eigenvalue weighted by molar-refractivity contribution is 5.53. The van der Waals surface area contributed by atoms with E-state index in [-0.39, 0.29) is 6.10 Å². The number of nitriles is 1. The predicted molar refractivity (Wildman–Crippen MR) is 71.8 cm³/mol. The summed E-state index contributed by atoms with van der Waals surface area (Å²) in [5.41, 5.74) is 2.88. The average molecular weight is 245 g/mol. The van der Waals surface area contributed by atoms with Crippen molar-refractivity contribution in [1.82, 2.24) is 5.32 Å². The van der Waals surface area contributed by atoms with E-state index in [1.165, 1.54) is 0 Å². The van der Waals surface area contributed by atoms with E-state index in [0.717, 1.165) is 43.1 Å². The van der Waals surface area contributed by atoms with Crippen molar-refractivity contribution in [3.05, 3.63) is 29.3 Å². The topological polar surface area (TPSA) is 48.3 Å². The molecule has 0 amide bonds. The summed E-state index contributed by atoms with van der Waals surface area (Å²) in [6.45, 7) is 5.45. The molecule has 1 unspecified atom stereocenters. The van der Waals surface area contributed by atoms with E-state index in [0.29, 0.717) is 0 Å². The zero-order valence-corrected chi connectivity index (χ0v) is 10.9. The molecule has 4 heteroatoms. The molecule has 1 aliphatic rings. The summed E-state index contributed by atoms with van der Waals surface area (Å²) in [7, 11) is 2.05. The molecule has 2 rings (SSSR count). The van der Waals surface area contributed by atoms with Crippen molar-refractivity contribution in [1.29, 1.82) is 5.26 Å². The molecule has 0 radical (unpaired) electrons. The van der Waals surface area contributed by atoms with E-state index >= 15 is 0 Å².